The molecule has 0 bridgehead atoms. The highest BCUT2D eigenvalue weighted by Crippen LogP contribution is 2.28. The molecule has 0 N–H and O–H groups in total. The SMILES string of the molecule is O=C1COCC(=O)N1C1CCN(S(=O)(=O)c2ccc3c(c2)CCCC3)CC1. The fraction of sp³-hybridized carbons (Fsp3) is 0.579. The Balaban J connectivity index is 1.47. The third kappa shape index (κ3) is 3.53. The van der Waals surface area contributed by atoms with E-state index in [0.29, 0.717) is 30.8 Å². The van der Waals surface area contributed by atoms with Gasteiger partial charge >= 0.3 is 0 Å². The Bertz CT molecular complexity index is 843. The van der Waals surface area contributed by atoms with Gasteiger partial charge in [-0.1, -0.05) is 6.07 Å². The van der Waals surface area contributed by atoms with Crippen LogP contribution in [0.2, 0.25) is 0 Å². The van der Waals surface area contributed by atoms with E-state index in [2.05, 4.69) is 0 Å². The summed E-state index contributed by atoms with van der Waals surface area (Å²) in [7, 11) is -3.56. The number of amides is 2. The summed E-state index contributed by atoms with van der Waals surface area (Å²) in [5, 5.41) is 0. The smallest absolute Gasteiger partial charge is 0.255 e. The maximum atomic E-state index is 13.0. The summed E-state index contributed by atoms with van der Waals surface area (Å²) in [6.45, 7) is 0.447. The highest BCUT2D eigenvalue weighted by atomic mass is 32.2. The highest BCUT2D eigenvalue weighted by Gasteiger charge is 2.37. The first-order valence-electron chi connectivity index (χ1n) is 9.51. The Morgan fingerprint density at radius 1 is 0.926 bits per heavy atom. The van der Waals surface area contributed by atoms with E-state index in [1.165, 1.54) is 14.8 Å². The second-order valence-corrected chi connectivity index (χ2v) is 9.36. The van der Waals surface area contributed by atoms with Gasteiger partial charge in [-0.25, -0.2) is 8.42 Å². The van der Waals surface area contributed by atoms with E-state index in [0.717, 1.165) is 31.2 Å². The Labute approximate surface area is 159 Å². The van der Waals surface area contributed by atoms with E-state index in [9.17, 15) is 18.0 Å². The fourth-order valence-electron chi connectivity index (χ4n) is 4.27. The van der Waals surface area contributed by atoms with E-state index >= 15 is 0 Å². The first-order valence-corrected chi connectivity index (χ1v) is 11.0. The lowest BCUT2D eigenvalue weighted by Gasteiger charge is -2.38. The summed E-state index contributed by atoms with van der Waals surface area (Å²) in [5.74, 6) is -0.663. The van der Waals surface area contributed by atoms with Gasteiger partial charge in [0.2, 0.25) is 10.0 Å². The molecule has 0 spiro atoms. The number of benzene rings is 1. The van der Waals surface area contributed by atoms with Gasteiger partial charge in [-0.15, -0.1) is 0 Å². The van der Waals surface area contributed by atoms with Crippen LogP contribution in [0.4, 0.5) is 0 Å². The number of hydrogen-bond donors (Lipinski definition) is 0. The van der Waals surface area contributed by atoms with Gasteiger partial charge in [-0.2, -0.15) is 4.31 Å². The predicted octanol–water partition coefficient (Wildman–Crippen LogP) is 1.10. The summed E-state index contributed by atoms with van der Waals surface area (Å²) in [6.07, 6.45) is 5.13. The first kappa shape index (κ1) is 18.6. The summed E-state index contributed by atoms with van der Waals surface area (Å²) in [5.41, 5.74) is 2.39. The van der Waals surface area contributed by atoms with Crippen LogP contribution in [-0.4, -0.2) is 61.8 Å². The van der Waals surface area contributed by atoms with Crippen molar-refractivity contribution in [1.82, 2.24) is 9.21 Å². The van der Waals surface area contributed by atoms with Crippen LogP contribution in [-0.2, 0) is 37.2 Å². The van der Waals surface area contributed by atoms with E-state index in [1.807, 2.05) is 12.1 Å². The maximum absolute atomic E-state index is 13.0. The van der Waals surface area contributed by atoms with Crippen molar-refractivity contribution in [2.75, 3.05) is 26.3 Å². The second kappa shape index (κ2) is 7.33. The third-order valence-electron chi connectivity index (χ3n) is 5.73. The van der Waals surface area contributed by atoms with Gasteiger partial charge in [-0.05, 0) is 61.8 Å². The van der Waals surface area contributed by atoms with Crippen molar-refractivity contribution < 1.29 is 22.7 Å². The minimum atomic E-state index is -3.56. The van der Waals surface area contributed by atoms with Crippen LogP contribution in [0.15, 0.2) is 23.1 Å². The topological polar surface area (TPSA) is 84.0 Å². The molecule has 2 saturated heterocycles. The van der Waals surface area contributed by atoms with Crippen molar-refractivity contribution in [3.63, 3.8) is 0 Å². The number of nitrogens with zero attached hydrogens (tertiary/aromatic N) is 2. The van der Waals surface area contributed by atoms with Crippen LogP contribution in [0.1, 0.15) is 36.8 Å². The van der Waals surface area contributed by atoms with E-state index in [1.54, 1.807) is 6.07 Å². The maximum Gasteiger partial charge on any atom is 0.255 e. The number of morpholine rings is 1. The minimum absolute atomic E-state index is 0.0839. The molecule has 0 radical (unpaired) electrons. The minimum Gasteiger partial charge on any atom is -0.362 e. The number of sulfonamides is 1. The largest absolute Gasteiger partial charge is 0.362 e. The molecule has 1 aliphatic carbocycles. The van der Waals surface area contributed by atoms with Gasteiger partial charge < -0.3 is 4.74 Å². The molecule has 27 heavy (non-hydrogen) atoms. The number of carbonyl (C=O) groups is 2. The number of rotatable bonds is 3. The number of imide groups is 1. The van der Waals surface area contributed by atoms with Gasteiger partial charge in [0, 0.05) is 19.1 Å². The van der Waals surface area contributed by atoms with Crippen LogP contribution in [0.3, 0.4) is 0 Å². The highest BCUT2D eigenvalue weighted by molar-refractivity contribution is 7.89. The first-order chi connectivity index (χ1) is 13.0. The molecular formula is C19H24N2O5S. The molecule has 0 saturated carbocycles. The second-order valence-electron chi connectivity index (χ2n) is 7.42. The Hall–Kier alpha value is -1.77. The van der Waals surface area contributed by atoms with Crippen LogP contribution < -0.4 is 0 Å². The monoisotopic (exact) mass is 392 g/mol. The molecule has 8 heteroatoms. The van der Waals surface area contributed by atoms with Crippen molar-refractivity contribution in [3.8, 4) is 0 Å². The Morgan fingerprint density at radius 2 is 1.56 bits per heavy atom. The Morgan fingerprint density at radius 3 is 2.22 bits per heavy atom. The lowest BCUT2D eigenvalue weighted by atomic mass is 9.92. The molecule has 0 aromatic heterocycles. The van der Waals surface area contributed by atoms with Crippen LogP contribution >= 0.6 is 0 Å². The third-order valence-corrected chi connectivity index (χ3v) is 7.63. The number of carbonyl (C=O) groups excluding carboxylic acids is 2. The average Bonchev–Trinajstić information content (AvgIpc) is 2.68. The predicted molar refractivity (Wildman–Crippen MR) is 97.5 cm³/mol. The normalized spacial score (nSPS) is 22.7. The van der Waals surface area contributed by atoms with Crippen molar-refractivity contribution >= 4 is 21.8 Å². The molecule has 4 rings (SSSR count). The van der Waals surface area contributed by atoms with Gasteiger partial charge in [0.25, 0.3) is 11.8 Å². The molecule has 2 amide bonds. The standard InChI is InChI=1S/C19H24N2O5S/c22-18-12-26-13-19(23)21(18)16-7-9-20(10-8-16)27(24,25)17-6-5-14-3-1-2-4-15(14)11-17/h5-6,11,16H,1-4,7-10,12-13H2. The fourth-order valence-corrected chi connectivity index (χ4v) is 5.79. The Kier molecular flexibility index (Phi) is 5.05. The summed E-state index contributed by atoms with van der Waals surface area (Å²) in [6, 6.07) is 5.23. The average molecular weight is 392 g/mol. The summed E-state index contributed by atoms with van der Waals surface area (Å²) in [4.78, 5) is 25.6. The molecule has 1 aromatic rings. The van der Waals surface area contributed by atoms with E-state index in [4.69, 9.17) is 4.74 Å². The molecule has 1 aromatic carbocycles. The lowest BCUT2D eigenvalue weighted by molar-refractivity contribution is -0.162. The van der Waals surface area contributed by atoms with Crippen molar-refractivity contribution in [3.05, 3.63) is 29.3 Å². The zero-order chi connectivity index (χ0) is 19.0. The molecule has 3 aliphatic rings. The summed E-state index contributed by atoms with van der Waals surface area (Å²) >= 11 is 0. The summed E-state index contributed by atoms with van der Waals surface area (Å²) < 4.78 is 32.5. The van der Waals surface area contributed by atoms with Crippen LogP contribution in [0.25, 0.3) is 0 Å². The number of ether oxygens (including phenoxy) is 1. The number of fused-ring (bicyclic) bond motifs is 1. The zero-order valence-corrected chi connectivity index (χ0v) is 16.0. The number of hydrogen-bond acceptors (Lipinski definition) is 5. The molecule has 2 fully saturated rings. The van der Waals surface area contributed by atoms with Gasteiger partial charge in [0.15, 0.2) is 0 Å². The molecular weight excluding hydrogens is 368 g/mol. The van der Waals surface area contributed by atoms with Gasteiger partial charge in [-0.3, -0.25) is 14.5 Å². The van der Waals surface area contributed by atoms with Gasteiger partial charge in [0.05, 0.1) is 4.90 Å². The van der Waals surface area contributed by atoms with Crippen LogP contribution in [0.5, 0.6) is 0 Å². The van der Waals surface area contributed by atoms with Crippen molar-refractivity contribution in [2.24, 2.45) is 0 Å². The van der Waals surface area contributed by atoms with Crippen molar-refractivity contribution in [2.45, 2.75) is 49.5 Å². The number of aryl methyl sites for hydroxylation is 2. The quantitative estimate of drug-likeness (QED) is 0.720. The molecule has 2 aliphatic heterocycles. The zero-order valence-electron chi connectivity index (χ0n) is 15.2. The molecule has 7 nitrogen and oxygen atoms in total. The van der Waals surface area contributed by atoms with Crippen LogP contribution in [0, 0.1) is 0 Å². The molecule has 2 heterocycles. The lowest BCUT2D eigenvalue weighted by Crippen LogP contribution is -2.55. The van der Waals surface area contributed by atoms with E-state index in [-0.39, 0.29) is 31.1 Å². The molecule has 0 atom stereocenters. The molecule has 0 unspecified atom stereocenters. The molecule has 146 valence electrons. The van der Waals surface area contributed by atoms with E-state index < -0.39 is 10.0 Å². The van der Waals surface area contributed by atoms with Gasteiger partial charge in [0.1, 0.15) is 13.2 Å². The van der Waals surface area contributed by atoms with Crippen molar-refractivity contribution in [1.29, 1.82) is 0 Å². The number of piperidine rings is 1.